The molecule has 0 aromatic heterocycles. The maximum Gasteiger partial charge on any atom is 0.339 e. The molecular formula is C15H20O5S. The SMILES string of the molecule is COC(=O)C(O)c1cccc(OC2CCCSC2)c1OC. The number of esters is 1. The van der Waals surface area contributed by atoms with Crippen LogP contribution in [0, 0.1) is 0 Å². The van der Waals surface area contributed by atoms with Crippen LogP contribution in [-0.2, 0) is 9.53 Å². The summed E-state index contributed by atoms with van der Waals surface area (Å²) in [5.74, 6) is 2.31. The lowest BCUT2D eigenvalue weighted by molar-refractivity contribution is -0.150. The Hall–Kier alpha value is -1.40. The van der Waals surface area contributed by atoms with E-state index < -0.39 is 12.1 Å². The number of carbonyl (C=O) groups is 1. The number of aliphatic hydroxyl groups is 1. The highest BCUT2D eigenvalue weighted by Crippen LogP contribution is 2.36. The first-order chi connectivity index (χ1) is 10.2. The highest BCUT2D eigenvalue weighted by Gasteiger charge is 2.25. The molecule has 2 atom stereocenters. The Morgan fingerprint density at radius 2 is 2.24 bits per heavy atom. The van der Waals surface area contributed by atoms with E-state index >= 15 is 0 Å². The lowest BCUT2D eigenvalue weighted by atomic mass is 10.1. The third kappa shape index (κ3) is 3.83. The quantitative estimate of drug-likeness (QED) is 0.841. The Morgan fingerprint density at radius 3 is 2.86 bits per heavy atom. The van der Waals surface area contributed by atoms with Crippen LogP contribution in [0.3, 0.4) is 0 Å². The Labute approximate surface area is 128 Å². The molecule has 0 saturated carbocycles. The second kappa shape index (κ2) is 7.56. The molecule has 5 nitrogen and oxygen atoms in total. The largest absolute Gasteiger partial charge is 0.492 e. The summed E-state index contributed by atoms with van der Waals surface area (Å²) in [4.78, 5) is 11.5. The van der Waals surface area contributed by atoms with Gasteiger partial charge in [0.15, 0.2) is 17.6 Å². The van der Waals surface area contributed by atoms with E-state index in [1.165, 1.54) is 14.2 Å². The van der Waals surface area contributed by atoms with Crippen LogP contribution in [0.25, 0.3) is 0 Å². The Balaban J connectivity index is 2.23. The van der Waals surface area contributed by atoms with Gasteiger partial charge >= 0.3 is 5.97 Å². The molecule has 21 heavy (non-hydrogen) atoms. The summed E-state index contributed by atoms with van der Waals surface area (Å²) >= 11 is 1.87. The fraction of sp³-hybridized carbons (Fsp3) is 0.533. The van der Waals surface area contributed by atoms with Crippen LogP contribution >= 0.6 is 11.8 Å². The fourth-order valence-corrected chi connectivity index (χ4v) is 3.32. The van der Waals surface area contributed by atoms with E-state index in [1.807, 2.05) is 11.8 Å². The normalized spacial score (nSPS) is 19.7. The zero-order valence-corrected chi connectivity index (χ0v) is 13.0. The monoisotopic (exact) mass is 312 g/mol. The van der Waals surface area contributed by atoms with Gasteiger partial charge < -0.3 is 19.3 Å². The highest BCUT2D eigenvalue weighted by atomic mass is 32.2. The number of para-hydroxylation sites is 1. The van der Waals surface area contributed by atoms with Crippen molar-refractivity contribution in [2.24, 2.45) is 0 Å². The van der Waals surface area contributed by atoms with E-state index in [4.69, 9.17) is 9.47 Å². The minimum Gasteiger partial charge on any atom is -0.492 e. The van der Waals surface area contributed by atoms with Gasteiger partial charge in [-0.25, -0.2) is 4.79 Å². The summed E-state index contributed by atoms with van der Waals surface area (Å²) in [6.07, 6.45) is 0.875. The molecule has 0 aliphatic carbocycles. The van der Waals surface area contributed by atoms with Gasteiger partial charge in [0, 0.05) is 11.3 Å². The predicted molar refractivity (Wildman–Crippen MR) is 80.9 cm³/mol. The Morgan fingerprint density at radius 1 is 1.43 bits per heavy atom. The number of carbonyl (C=O) groups excluding carboxylic acids is 1. The van der Waals surface area contributed by atoms with Crippen LogP contribution in [0.5, 0.6) is 11.5 Å². The number of methoxy groups -OCH3 is 2. The van der Waals surface area contributed by atoms with E-state index in [2.05, 4.69) is 4.74 Å². The van der Waals surface area contributed by atoms with Gasteiger partial charge in [-0.2, -0.15) is 11.8 Å². The third-order valence-corrected chi connectivity index (χ3v) is 4.53. The molecule has 0 radical (unpaired) electrons. The van der Waals surface area contributed by atoms with Crippen molar-refractivity contribution in [1.82, 2.24) is 0 Å². The smallest absolute Gasteiger partial charge is 0.339 e. The van der Waals surface area contributed by atoms with E-state index in [1.54, 1.807) is 18.2 Å². The molecule has 1 saturated heterocycles. The maximum atomic E-state index is 11.5. The van der Waals surface area contributed by atoms with Crippen molar-refractivity contribution in [2.75, 3.05) is 25.7 Å². The van der Waals surface area contributed by atoms with Crippen molar-refractivity contribution < 1.29 is 24.1 Å². The molecule has 1 aromatic rings. The molecule has 0 bridgehead atoms. The van der Waals surface area contributed by atoms with Gasteiger partial charge in [0.05, 0.1) is 14.2 Å². The standard InChI is InChI=1S/C15H20O5S/c1-18-14-11(13(16)15(17)19-2)6-3-7-12(14)20-10-5-4-8-21-9-10/h3,6-7,10,13,16H,4-5,8-9H2,1-2H3. The molecule has 116 valence electrons. The molecule has 0 amide bonds. The number of thioether (sulfide) groups is 1. The molecule has 1 N–H and O–H groups in total. The maximum absolute atomic E-state index is 11.5. The van der Waals surface area contributed by atoms with Gasteiger partial charge in [-0.1, -0.05) is 12.1 Å². The van der Waals surface area contributed by atoms with Crippen LogP contribution < -0.4 is 9.47 Å². The molecule has 1 aromatic carbocycles. The molecule has 1 fully saturated rings. The molecule has 1 aliphatic rings. The molecular weight excluding hydrogens is 292 g/mol. The zero-order chi connectivity index (χ0) is 15.2. The van der Waals surface area contributed by atoms with E-state index in [9.17, 15) is 9.90 Å². The first-order valence-corrected chi connectivity index (χ1v) is 8.00. The van der Waals surface area contributed by atoms with Crippen LogP contribution in [0.15, 0.2) is 18.2 Å². The van der Waals surface area contributed by atoms with Gasteiger partial charge in [-0.15, -0.1) is 0 Å². The molecule has 2 unspecified atom stereocenters. The van der Waals surface area contributed by atoms with E-state index in [0.29, 0.717) is 17.1 Å². The van der Waals surface area contributed by atoms with Crippen LogP contribution in [0.4, 0.5) is 0 Å². The van der Waals surface area contributed by atoms with Gasteiger partial charge in [0.2, 0.25) is 0 Å². The van der Waals surface area contributed by atoms with Crippen molar-refractivity contribution in [3.05, 3.63) is 23.8 Å². The fourth-order valence-electron chi connectivity index (χ4n) is 2.28. The summed E-state index contributed by atoms with van der Waals surface area (Å²) in [7, 11) is 2.73. The van der Waals surface area contributed by atoms with E-state index in [-0.39, 0.29) is 6.10 Å². The number of ether oxygens (including phenoxy) is 3. The van der Waals surface area contributed by atoms with Gasteiger partial charge in [-0.05, 0) is 24.7 Å². The highest BCUT2D eigenvalue weighted by molar-refractivity contribution is 7.99. The summed E-state index contributed by atoms with van der Waals surface area (Å²) in [6, 6.07) is 5.14. The third-order valence-electron chi connectivity index (χ3n) is 3.34. The second-order valence-electron chi connectivity index (χ2n) is 4.76. The van der Waals surface area contributed by atoms with Crippen molar-refractivity contribution in [1.29, 1.82) is 0 Å². The molecule has 2 rings (SSSR count). The van der Waals surface area contributed by atoms with Gasteiger partial charge in [-0.3, -0.25) is 0 Å². The minimum atomic E-state index is -1.38. The average Bonchev–Trinajstić information content (AvgIpc) is 2.54. The Bertz CT molecular complexity index is 485. The van der Waals surface area contributed by atoms with Crippen molar-refractivity contribution in [2.45, 2.75) is 25.0 Å². The van der Waals surface area contributed by atoms with Gasteiger partial charge in [0.25, 0.3) is 0 Å². The molecule has 6 heteroatoms. The second-order valence-corrected chi connectivity index (χ2v) is 5.91. The summed E-state index contributed by atoms with van der Waals surface area (Å²) in [6.45, 7) is 0. The zero-order valence-electron chi connectivity index (χ0n) is 12.2. The first-order valence-electron chi connectivity index (χ1n) is 6.84. The predicted octanol–water partition coefficient (Wildman–Crippen LogP) is 2.18. The molecule has 0 spiro atoms. The number of rotatable bonds is 5. The van der Waals surface area contributed by atoms with E-state index in [0.717, 1.165) is 24.3 Å². The van der Waals surface area contributed by atoms with Crippen LogP contribution in [0.2, 0.25) is 0 Å². The Kier molecular flexibility index (Phi) is 5.76. The lowest BCUT2D eigenvalue weighted by Crippen LogP contribution is -2.24. The molecule has 1 aliphatic heterocycles. The number of aliphatic hydroxyl groups excluding tert-OH is 1. The van der Waals surface area contributed by atoms with Gasteiger partial charge in [0.1, 0.15) is 6.10 Å². The van der Waals surface area contributed by atoms with Crippen molar-refractivity contribution in [3.8, 4) is 11.5 Å². The summed E-state index contributed by atoms with van der Waals surface area (Å²) < 4.78 is 15.9. The van der Waals surface area contributed by atoms with Crippen molar-refractivity contribution in [3.63, 3.8) is 0 Å². The minimum absolute atomic E-state index is 0.128. The lowest BCUT2D eigenvalue weighted by Gasteiger charge is -2.24. The van der Waals surface area contributed by atoms with Crippen LogP contribution in [0.1, 0.15) is 24.5 Å². The molecule has 1 heterocycles. The number of hydrogen-bond donors (Lipinski definition) is 1. The van der Waals surface area contributed by atoms with Crippen LogP contribution in [-0.4, -0.2) is 42.9 Å². The average molecular weight is 312 g/mol. The summed E-state index contributed by atoms with van der Waals surface area (Å²) in [5.41, 5.74) is 0.352. The summed E-state index contributed by atoms with van der Waals surface area (Å²) in [5, 5.41) is 10.0. The topological polar surface area (TPSA) is 65.0 Å². The van der Waals surface area contributed by atoms with Crippen molar-refractivity contribution >= 4 is 17.7 Å². The first kappa shape index (κ1) is 16.0. The number of hydrogen-bond acceptors (Lipinski definition) is 6. The number of benzene rings is 1.